The molecule has 1 aromatic heterocycles. The number of sulfone groups is 1. The molecule has 1 unspecified atom stereocenters. The highest BCUT2D eigenvalue weighted by Crippen LogP contribution is 2.21. The maximum absolute atomic E-state index is 11.6. The Morgan fingerprint density at radius 1 is 1.35 bits per heavy atom. The van der Waals surface area contributed by atoms with Crippen LogP contribution in [0.2, 0.25) is 0 Å². The lowest BCUT2D eigenvalue weighted by atomic mass is 10.2. The van der Waals surface area contributed by atoms with Gasteiger partial charge >= 0.3 is 0 Å². The van der Waals surface area contributed by atoms with Gasteiger partial charge in [0.25, 0.3) is 0 Å². The second kappa shape index (κ2) is 5.95. The maximum Gasteiger partial charge on any atom is 0.227 e. The maximum atomic E-state index is 11.6. The average molecular weight is 298 g/mol. The van der Waals surface area contributed by atoms with Crippen molar-refractivity contribution >= 4 is 21.6 Å². The van der Waals surface area contributed by atoms with Gasteiger partial charge in [0, 0.05) is 32.4 Å². The van der Waals surface area contributed by atoms with Crippen molar-refractivity contribution < 1.29 is 8.42 Å². The van der Waals surface area contributed by atoms with Crippen molar-refractivity contribution in [1.29, 1.82) is 0 Å². The smallest absolute Gasteiger partial charge is 0.227 e. The molecule has 6 nitrogen and oxygen atoms in total. The Morgan fingerprint density at radius 3 is 2.60 bits per heavy atom. The summed E-state index contributed by atoms with van der Waals surface area (Å²) >= 11 is 0. The highest BCUT2D eigenvalue weighted by atomic mass is 32.2. The van der Waals surface area contributed by atoms with Gasteiger partial charge in [0.15, 0.2) is 9.84 Å². The Labute approximate surface area is 120 Å². The minimum atomic E-state index is -2.89. The number of rotatable bonds is 5. The van der Waals surface area contributed by atoms with E-state index in [0.717, 1.165) is 18.9 Å². The zero-order valence-corrected chi connectivity index (χ0v) is 13.1. The third-order valence-corrected chi connectivity index (χ3v) is 5.54. The van der Waals surface area contributed by atoms with E-state index in [0.29, 0.717) is 12.4 Å². The lowest BCUT2D eigenvalue weighted by Crippen LogP contribution is -2.34. The van der Waals surface area contributed by atoms with E-state index in [-0.39, 0.29) is 17.5 Å². The molecule has 20 heavy (non-hydrogen) atoms. The quantitative estimate of drug-likeness (QED) is 0.806. The Morgan fingerprint density at radius 2 is 2.05 bits per heavy atom. The molecule has 1 aliphatic heterocycles. The zero-order chi connectivity index (χ0) is 14.8. The van der Waals surface area contributed by atoms with E-state index in [1.165, 1.54) is 0 Å². The first-order valence-corrected chi connectivity index (χ1v) is 8.80. The minimum Gasteiger partial charge on any atom is -0.357 e. The third kappa shape index (κ3) is 3.20. The first kappa shape index (κ1) is 15.0. The molecule has 0 radical (unpaired) electrons. The third-order valence-electron chi connectivity index (χ3n) is 3.79. The SMILES string of the molecule is CCN(CC)c1ccnc(N(C)C2CCS(=O)(=O)C2)n1. The number of hydrogen-bond donors (Lipinski definition) is 0. The normalized spacial score (nSPS) is 20.9. The fraction of sp³-hybridized carbons (Fsp3) is 0.692. The first-order valence-electron chi connectivity index (χ1n) is 6.98. The molecule has 0 bridgehead atoms. The largest absolute Gasteiger partial charge is 0.357 e. The van der Waals surface area contributed by atoms with Gasteiger partial charge in [0.05, 0.1) is 11.5 Å². The fourth-order valence-corrected chi connectivity index (χ4v) is 4.25. The van der Waals surface area contributed by atoms with E-state index in [9.17, 15) is 8.42 Å². The van der Waals surface area contributed by atoms with Crippen LogP contribution in [-0.2, 0) is 9.84 Å². The second-order valence-electron chi connectivity index (χ2n) is 5.05. The summed E-state index contributed by atoms with van der Waals surface area (Å²) in [5.74, 6) is 1.93. The van der Waals surface area contributed by atoms with E-state index in [1.807, 2.05) is 18.0 Å². The van der Waals surface area contributed by atoms with E-state index in [4.69, 9.17) is 0 Å². The van der Waals surface area contributed by atoms with Gasteiger partial charge in [0.2, 0.25) is 5.95 Å². The van der Waals surface area contributed by atoms with Crippen molar-refractivity contribution in [3.8, 4) is 0 Å². The van der Waals surface area contributed by atoms with Gasteiger partial charge in [0.1, 0.15) is 5.82 Å². The number of hydrogen-bond acceptors (Lipinski definition) is 6. The Hall–Kier alpha value is -1.37. The van der Waals surface area contributed by atoms with Crippen molar-refractivity contribution in [1.82, 2.24) is 9.97 Å². The molecule has 112 valence electrons. The predicted molar refractivity (Wildman–Crippen MR) is 81.1 cm³/mol. The molecule has 1 atom stereocenters. The fourth-order valence-electron chi connectivity index (χ4n) is 2.48. The number of nitrogens with zero attached hydrogens (tertiary/aromatic N) is 4. The van der Waals surface area contributed by atoms with Gasteiger partial charge < -0.3 is 9.80 Å². The summed E-state index contributed by atoms with van der Waals surface area (Å²) in [5.41, 5.74) is 0. The standard InChI is InChI=1S/C13H22N4O2S/c1-4-17(5-2)12-6-8-14-13(15-12)16(3)11-7-9-20(18,19)10-11/h6,8,11H,4-5,7,9-10H2,1-3H3. The van der Waals surface area contributed by atoms with Gasteiger partial charge in [-0.2, -0.15) is 4.98 Å². The minimum absolute atomic E-state index is 0.0213. The summed E-state index contributed by atoms with van der Waals surface area (Å²) in [6.07, 6.45) is 2.38. The molecule has 0 spiro atoms. The lowest BCUT2D eigenvalue weighted by Gasteiger charge is -2.25. The summed E-state index contributed by atoms with van der Waals surface area (Å²) in [6.45, 7) is 5.93. The molecule has 0 aliphatic carbocycles. The molecule has 1 fully saturated rings. The topological polar surface area (TPSA) is 66.4 Å². The van der Waals surface area contributed by atoms with Gasteiger partial charge in [-0.3, -0.25) is 0 Å². The summed E-state index contributed by atoms with van der Waals surface area (Å²) in [4.78, 5) is 12.9. The summed E-state index contributed by atoms with van der Waals surface area (Å²) in [5, 5.41) is 0. The van der Waals surface area contributed by atoms with E-state index in [1.54, 1.807) is 6.20 Å². The highest BCUT2D eigenvalue weighted by molar-refractivity contribution is 7.91. The zero-order valence-electron chi connectivity index (χ0n) is 12.3. The van der Waals surface area contributed by atoms with Crippen LogP contribution in [0.15, 0.2) is 12.3 Å². The van der Waals surface area contributed by atoms with Crippen molar-refractivity contribution in [2.75, 3.05) is 41.4 Å². The van der Waals surface area contributed by atoms with Gasteiger partial charge in [-0.25, -0.2) is 13.4 Å². The van der Waals surface area contributed by atoms with Crippen LogP contribution in [0.5, 0.6) is 0 Å². The molecule has 2 heterocycles. The monoisotopic (exact) mass is 298 g/mol. The molecule has 0 aromatic carbocycles. The van der Waals surface area contributed by atoms with Crippen LogP contribution in [0, 0.1) is 0 Å². The Balaban J connectivity index is 2.18. The molecular formula is C13H22N4O2S. The van der Waals surface area contributed by atoms with E-state index in [2.05, 4.69) is 28.7 Å². The molecular weight excluding hydrogens is 276 g/mol. The van der Waals surface area contributed by atoms with Crippen LogP contribution in [0.4, 0.5) is 11.8 Å². The van der Waals surface area contributed by atoms with Crippen LogP contribution in [0.25, 0.3) is 0 Å². The number of anilines is 2. The van der Waals surface area contributed by atoms with Crippen molar-refractivity contribution in [2.45, 2.75) is 26.3 Å². The van der Waals surface area contributed by atoms with Crippen LogP contribution in [-0.4, -0.2) is 56.1 Å². The van der Waals surface area contributed by atoms with Crippen molar-refractivity contribution in [3.05, 3.63) is 12.3 Å². The number of aromatic nitrogens is 2. The van der Waals surface area contributed by atoms with E-state index >= 15 is 0 Å². The second-order valence-corrected chi connectivity index (χ2v) is 7.28. The first-order chi connectivity index (χ1) is 9.46. The van der Waals surface area contributed by atoms with Gasteiger partial charge in [-0.1, -0.05) is 0 Å². The molecule has 7 heteroatoms. The van der Waals surface area contributed by atoms with Crippen LogP contribution < -0.4 is 9.80 Å². The molecule has 1 aromatic rings. The average Bonchev–Trinajstić information content (AvgIpc) is 2.80. The summed E-state index contributed by atoms with van der Waals surface area (Å²) in [7, 11) is -1.02. The van der Waals surface area contributed by atoms with Crippen LogP contribution >= 0.6 is 0 Å². The highest BCUT2D eigenvalue weighted by Gasteiger charge is 2.31. The summed E-state index contributed by atoms with van der Waals surface area (Å²) < 4.78 is 23.1. The van der Waals surface area contributed by atoms with Gasteiger partial charge in [-0.05, 0) is 26.3 Å². The lowest BCUT2D eigenvalue weighted by molar-refractivity contribution is 0.600. The van der Waals surface area contributed by atoms with Crippen LogP contribution in [0.1, 0.15) is 20.3 Å². The van der Waals surface area contributed by atoms with E-state index < -0.39 is 9.84 Å². The summed E-state index contributed by atoms with van der Waals surface area (Å²) in [6, 6.07) is 1.86. The predicted octanol–water partition coefficient (Wildman–Crippen LogP) is 0.946. The van der Waals surface area contributed by atoms with Crippen molar-refractivity contribution in [3.63, 3.8) is 0 Å². The molecule has 0 N–H and O–H groups in total. The molecule has 0 amide bonds. The molecule has 1 saturated heterocycles. The van der Waals surface area contributed by atoms with Crippen molar-refractivity contribution in [2.24, 2.45) is 0 Å². The molecule has 0 saturated carbocycles. The Kier molecular flexibility index (Phi) is 4.47. The Bertz CT molecular complexity index is 557. The molecule has 1 aliphatic rings. The molecule has 2 rings (SSSR count). The van der Waals surface area contributed by atoms with Crippen LogP contribution in [0.3, 0.4) is 0 Å². The van der Waals surface area contributed by atoms with Gasteiger partial charge in [-0.15, -0.1) is 0 Å².